The maximum atomic E-state index is 13.5. The number of sulfonamides is 1. The Morgan fingerprint density at radius 1 is 1.03 bits per heavy atom. The first-order chi connectivity index (χ1) is 18.7. The second-order valence-corrected chi connectivity index (χ2v) is 12.4. The van der Waals surface area contributed by atoms with Crippen LogP contribution in [0.5, 0.6) is 0 Å². The Morgan fingerprint density at radius 2 is 1.82 bits per heavy atom. The van der Waals surface area contributed by atoms with Crippen molar-refractivity contribution in [2.75, 3.05) is 13.1 Å². The minimum atomic E-state index is -3.73. The summed E-state index contributed by atoms with van der Waals surface area (Å²) in [6, 6.07) is 17.8. The molecule has 6 rings (SSSR count). The zero-order valence-corrected chi connectivity index (χ0v) is 23.0. The zero-order valence-electron chi connectivity index (χ0n) is 22.2. The monoisotopic (exact) mass is 542 g/mol. The Labute approximate surface area is 227 Å². The molecule has 0 saturated carbocycles. The van der Waals surface area contributed by atoms with Gasteiger partial charge in [0.2, 0.25) is 5.56 Å². The van der Waals surface area contributed by atoms with E-state index in [4.69, 9.17) is 0 Å². The van der Waals surface area contributed by atoms with Gasteiger partial charge < -0.3 is 9.13 Å². The number of fused-ring (bicyclic) bond motifs is 1. The molecule has 0 N–H and O–H groups in total. The molecule has 9 nitrogen and oxygen atoms in total. The normalized spacial score (nSPS) is 18.2. The third kappa shape index (κ3) is 4.39. The minimum Gasteiger partial charge on any atom is -0.339 e. The highest BCUT2D eigenvalue weighted by atomic mass is 32.2. The predicted octanol–water partition coefficient (Wildman–Crippen LogP) is 3.34. The van der Waals surface area contributed by atoms with Crippen molar-refractivity contribution in [1.29, 1.82) is 0 Å². The van der Waals surface area contributed by atoms with Crippen LogP contribution in [0.15, 0.2) is 89.3 Å². The van der Waals surface area contributed by atoms with Crippen LogP contribution in [0.1, 0.15) is 23.1 Å². The lowest BCUT2D eigenvalue weighted by Gasteiger charge is -2.32. The molecule has 2 aromatic carbocycles. The van der Waals surface area contributed by atoms with Crippen LogP contribution in [0.25, 0.3) is 16.6 Å². The van der Waals surface area contributed by atoms with Gasteiger partial charge >= 0.3 is 0 Å². The van der Waals surface area contributed by atoms with Crippen LogP contribution in [0.3, 0.4) is 0 Å². The lowest BCUT2D eigenvalue weighted by molar-refractivity contribution is 0.412. The van der Waals surface area contributed by atoms with E-state index in [-0.39, 0.29) is 10.6 Å². The zero-order chi connectivity index (χ0) is 27.4. The van der Waals surface area contributed by atoms with Gasteiger partial charge in [-0.25, -0.2) is 18.1 Å². The fourth-order valence-corrected chi connectivity index (χ4v) is 7.29. The lowest BCUT2D eigenvalue weighted by atomic mass is 9.73. The Morgan fingerprint density at radius 3 is 2.54 bits per heavy atom. The molecule has 1 unspecified atom stereocenters. The molecule has 4 heterocycles. The molecule has 5 aromatic rings. The van der Waals surface area contributed by atoms with Crippen LogP contribution in [0, 0.1) is 6.92 Å². The van der Waals surface area contributed by atoms with E-state index in [2.05, 4.69) is 41.3 Å². The van der Waals surface area contributed by atoms with Crippen molar-refractivity contribution in [2.45, 2.75) is 30.2 Å². The van der Waals surface area contributed by atoms with E-state index in [0.717, 1.165) is 33.3 Å². The van der Waals surface area contributed by atoms with Gasteiger partial charge in [-0.2, -0.15) is 9.40 Å². The fraction of sp³-hybridized carbons (Fsp3) is 0.276. The van der Waals surface area contributed by atoms with Crippen molar-refractivity contribution < 1.29 is 8.42 Å². The topological polar surface area (TPSA) is 95.0 Å². The number of hydrogen-bond acceptors (Lipinski definition) is 5. The van der Waals surface area contributed by atoms with Gasteiger partial charge in [-0.1, -0.05) is 30.3 Å². The van der Waals surface area contributed by atoms with Gasteiger partial charge in [0.25, 0.3) is 10.0 Å². The minimum absolute atomic E-state index is 0.0752. The highest BCUT2D eigenvalue weighted by molar-refractivity contribution is 7.89. The summed E-state index contributed by atoms with van der Waals surface area (Å²) in [5.74, 6) is 0. The summed E-state index contributed by atoms with van der Waals surface area (Å²) in [7, 11) is -0.238. The maximum absolute atomic E-state index is 13.5. The third-order valence-electron chi connectivity index (χ3n) is 7.79. The van der Waals surface area contributed by atoms with E-state index in [9.17, 15) is 13.2 Å². The molecule has 0 radical (unpaired) electrons. The van der Waals surface area contributed by atoms with Crippen LogP contribution in [-0.4, -0.2) is 49.7 Å². The van der Waals surface area contributed by atoms with Crippen LogP contribution in [0.2, 0.25) is 0 Å². The van der Waals surface area contributed by atoms with Crippen molar-refractivity contribution >= 4 is 20.9 Å². The smallest absolute Gasteiger partial charge is 0.262 e. The molecule has 1 saturated heterocycles. The highest BCUT2D eigenvalue weighted by Crippen LogP contribution is 2.42. The lowest BCUT2D eigenvalue weighted by Crippen LogP contribution is -2.36. The average Bonchev–Trinajstić information content (AvgIpc) is 3.65. The van der Waals surface area contributed by atoms with E-state index in [1.54, 1.807) is 41.4 Å². The third-order valence-corrected chi connectivity index (χ3v) is 9.52. The molecule has 3 aromatic heterocycles. The Kier molecular flexibility index (Phi) is 6.04. The van der Waals surface area contributed by atoms with Gasteiger partial charge in [0.15, 0.2) is 5.03 Å². The number of aromatic nitrogens is 5. The Balaban J connectivity index is 1.45. The SMILES string of the molecule is Cc1cc2c(cnn2-c2ccc(=O)n(C)c2)cc1C1(Cc2ccccc2)CCN(S(=O)(=O)c2cn(C)cn2)C1. The summed E-state index contributed by atoms with van der Waals surface area (Å²) < 4.78 is 33.7. The standard InChI is InChI=1S/C29H30N6O3S/c1-21-13-26-23(16-31-35(26)24-9-10-28(36)33(3)17-24)14-25(21)29(15-22-7-5-4-6-8-22)11-12-34(19-29)39(37,38)27-18-32(2)20-30-27/h4-10,13-14,16-18,20H,11-12,15,19H2,1-3H3. The predicted molar refractivity (Wildman–Crippen MR) is 149 cm³/mol. The number of imidazole rings is 1. The van der Waals surface area contributed by atoms with Crippen LogP contribution < -0.4 is 5.56 Å². The van der Waals surface area contributed by atoms with Crippen molar-refractivity contribution in [1.82, 2.24) is 28.2 Å². The molecule has 0 aliphatic carbocycles. The molecule has 200 valence electrons. The summed E-state index contributed by atoms with van der Waals surface area (Å²) >= 11 is 0. The first kappa shape index (κ1) is 25.3. The van der Waals surface area contributed by atoms with E-state index in [0.29, 0.717) is 25.9 Å². The first-order valence-electron chi connectivity index (χ1n) is 12.8. The summed E-state index contributed by atoms with van der Waals surface area (Å²) in [6.07, 6.45) is 8.07. The van der Waals surface area contributed by atoms with Gasteiger partial charge in [0.1, 0.15) is 0 Å². The number of benzene rings is 2. The number of aryl methyl sites for hydroxylation is 3. The molecule has 0 bridgehead atoms. The van der Waals surface area contributed by atoms with Gasteiger partial charge in [-0.15, -0.1) is 0 Å². The van der Waals surface area contributed by atoms with E-state index < -0.39 is 15.4 Å². The van der Waals surface area contributed by atoms with Gasteiger partial charge in [-0.05, 0) is 54.7 Å². The average molecular weight is 543 g/mol. The maximum Gasteiger partial charge on any atom is 0.262 e. The van der Waals surface area contributed by atoms with E-state index in [1.807, 2.05) is 29.1 Å². The second-order valence-electron chi connectivity index (χ2n) is 10.5. The quantitative estimate of drug-likeness (QED) is 0.328. The van der Waals surface area contributed by atoms with Crippen molar-refractivity contribution in [3.63, 3.8) is 0 Å². The molecule has 1 atom stereocenters. The molecule has 1 fully saturated rings. The summed E-state index contributed by atoms with van der Waals surface area (Å²) in [6.45, 7) is 2.86. The Hall–Kier alpha value is -4.02. The summed E-state index contributed by atoms with van der Waals surface area (Å²) in [5.41, 5.74) is 4.59. The number of hydrogen-bond donors (Lipinski definition) is 0. The molecular formula is C29H30N6O3S. The largest absolute Gasteiger partial charge is 0.339 e. The molecule has 1 aliphatic rings. The van der Waals surface area contributed by atoms with Crippen LogP contribution in [0.4, 0.5) is 0 Å². The van der Waals surface area contributed by atoms with Crippen LogP contribution >= 0.6 is 0 Å². The van der Waals surface area contributed by atoms with Gasteiger partial charge in [0.05, 0.1) is 23.7 Å². The molecule has 39 heavy (non-hydrogen) atoms. The second kappa shape index (κ2) is 9.32. The van der Waals surface area contributed by atoms with Gasteiger partial charge in [0, 0.05) is 56.4 Å². The van der Waals surface area contributed by atoms with E-state index >= 15 is 0 Å². The van der Waals surface area contributed by atoms with Crippen molar-refractivity contribution in [2.24, 2.45) is 14.1 Å². The summed E-state index contributed by atoms with van der Waals surface area (Å²) in [5, 5.41) is 5.67. The molecular weight excluding hydrogens is 512 g/mol. The molecule has 1 aliphatic heterocycles. The molecule has 0 amide bonds. The first-order valence-corrected chi connectivity index (χ1v) is 14.3. The van der Waals surface area contributed by atoms with Crippen LogP contribution in [-0.2, 0) is 36.0 Å². The van der Waals surface area contributed by atoms with E-state index in [1.165, 1.54) is 17.0 Å². The van der Waals surface area contributed by atoms with Crippen molar-refractivity contribution in [3.05, 3.63) is 107 Å². The van der Waals surface area contributed by atoms with Crippen molar-refractivity contribution in [3.8, 4) is 5.69 Å². The number of rotatable bonds is 6. The fourth-order valence-electron chi connectivity index (χ4n) is 5.80. The Bertz CT molecular complexity index is 1850. The molecule has 0 spiro atoms. The van der Waals surface area contributed by atoms with Gasteiger partial charge in [-0.3, -0.25) is 4.79 Å². The highest BCUT2D eigenvalue weighted by Gasteiger charge is 2.45. The molecule has 10 heteroatoms. The number of pyridine rings is 1. The number of nitrogens with zero attached hydrogens (tertiary/aromatic N) is 6. The summed E-state index contributed by atoms with van der Waals surface area (Å²) in [4.78, 5) is 16.0.